The summed E-state index contributed by atoms with van der Waals surface area (Å²) in [6.07, 6.45) is 0. The topological polar surface area (TPSA) is 109 Å². The van der Waals surface area contributed by atoms with Crippen molar-refractivity contribution in [2.75, 3.05) is 13.7 Å². The number of fused-ring (bicyclic) bond motifs is 1. The van der Waals surface area contributed by atoms with Crippen LogP contribution in [0.5, 0.6) is 0 Å². The van der Waals surface area contributed by atoms with Gasteiger partial charge < -0.3 is 13.9 Å². The fourth-order valence-corrected chi connectivity index (χ4v) is 2.81. The molecule has 0 fully saturated rings. The van der Waals surface area contributed by atoms with Gasteiger partial charge in [0, 0.05) is 35.3 Å². The van der Waals surface area contributed by atoms with Gasteiger partial charge in [0.2, 0.25) is 11.5 Å². The number of ketones is 1. The zero-order valence-corrected chi connectivity index (χ0v) is 15.3. The van der Waals surface area contributed by atoms with Gasteiger partial charge in [-0.25, -0.2) is 4.79 Å². The summed E-state index contributed by atoms with van der Waals surface area (Å²) in [6.45, 7) is 1.15. The second kappa shape index (κ2) is 8.01. The number of benzene rings is 2. The average molecular weight is 383 g/mol. The number of furan rings is 1. The molecule has 28 heavy (non-hydrogen) atoms. The van der Waals surface area contributed by atoms with Gasteiger partial charge in [0.1, 0.15) is 5.58 Å². The van der Waals surface area contributed by atoms with Crippen molar-refractivity contribution < 1.29 is 28.4 Å². The number of ether oxygens (including phenoxy) is 2. The van der Waals surface area contributed by atoms with E-state index < -0.39 is 23.3 Å². The molecule has 0 amide bonds. The molecule has 8 nitrogen and oxygen atoms in total. The number of methoxy groups -OCH3 is 1. The maximum absolute atomic E-state index is 12.4. The summed E-state index contributed by atoms with van der Waals surface area (Å²) >= 11 is 0. The second-order valence-corrected chi connectivity index (χ2v) is 6.10. The Morgan fingerprint density at radius 3 is 2.64 bits per heavy atom. The smallest absolute Gasteiger partial charge is 0.375 e. The van der Waals surface area contributed by atoms with Crippen molar-refractivity contribution >= 4 is 28.4 Å². The lowest BCUT2D eigenvalue weighted by Crippen LogP contribution is -2.15. The zero-order valence-electron chi connectivity index (χ0n) is 15.3. The number of carbonyl (C=O) groups is 2. The Morgan fingerprint density at radius 2 is 1.93 bits per heavy atom. The van der Waals surface area contributed by atoms with Crippen molar-refractivity contribution in [2.24, 2.45) is 0 Å². The number of carbonyl (C=O) groups excluding carboxylic acids is 2. The van der Waals surface area contributed by atoms with Crippen LogP contribution in [0.1, 0.15) is 32.0 Å². The summed E-state index contributed by atoms with van der Waals surface area (Å²) in [4.78, 5) is 35.2. The zero-order chi connectivity index (χ0) is 20.3. The summed E-state index contributed by atoms with van der Waals surface area (Å²) in [7, 11) is 1.49. The second-order valence-electron chi connectivity index (χ2n) is 6.10. The summed E-state index contributed by atoms with van der Waals surface area (Å²) in [6, 6.07) is 11.2. The van der Waals surface area contributed by atoms with Gasteiger partial charge in [-0.1, -0.05) is 30.3 Å². The third-order valence-corrected chi connectivity index (χ3v) is 4.23. The first-order valence-corrected chi connectivity index (χ1v) is 8.37. The van der Waals surface area contributed by atoms with Crippen LogP contribution in [-0.2, 0) is 16.1 Å². The molecule has 2 aromatic carbocycles. The molecule has 144 valence electrons. The van der Waals surface area contributed by atoms with Crippen molar-refractivity contribution in [3.63, 3.8) is 0 Å². The lowest BCUT2D eigenvalue weighted by Gasteiger charge is -2.05. The predicted molar refractivity (Wildman–Crippen MR) is 99.4 cm³/mol. The molecular formula is C20H17NO7. The molecule has 0 bridgehead atoms. The minimum absolute atomic E-state index is 0.0364. The highest BCUT2D eigenvalue weighted by Gasteiger charge is 2.23. The number of rotatable bonds is 7. The lowest BCUT2D eigenvalue weighted by atomic mass is 10.1. The normalized spacial score (nSPS) is 10.8. The van der Waals surface area contributed by atoms with Crippen LogP contribution in [-0.4, -0.2) is 30.4 Å². The summed E-state index contributed by atoms with van der Waals surface area (Å²) in [5.74, 6) is -1.40. The maximum atomic E-state index is 12.4. The lowest BCUT2D eigenvalue weighted by molar-refractivity contribution is -0.385. The van der Waals surface area contributed by atoms with E-state index in [2.05, 4.69) is 0 Å². The number of hydrogen-bond donors (Lipinski definition) is 0. The van der Waals surface area contributed by atoms with E-state index in [0.717, 1.165) is 5.39 Å². The van der Waals surface area contributed by atoms with Gasteiger partial charge in [-0.2, -0.15) is 0 Å². The monoisotopic (exact) mass is 383 g/mol. The number of esters is 1. The van der Waals surface area contributed by atoms with E-state index in [9.17, 15) is 19.7 Å². The van der Waals surface area contributed by atoms with Crippen molar-refractivity contribution in [1.82, 2.24) is 0 Å². The first kappa shape index (κ1) is 19.2. The van der Waals surface area contributed by atoms with Crippen molar-refractivity contribution in [2.45, 2.75) is 13.5 Å². The summed E-state index contributed by atoms with van der Waals surface area (Å²) in [5.41, 5.74) is 1.39. The summed E-state index contributed by atoms with van der Waals surface area (Å²) < 4.78 is 15.8. The number of Topliss-reactive ketones (excluding diaryl/α,β-unsaturated/α-hetero) is 1. The highest BCUT2D eigenvalue weighted by atomic mass is 16.6. The van der Waals surface area contributed by atoms with E-state index in [-0.39, 0.29) is 23.6 Å². The first-order valence-electron chi connectivity index (χ1n) is 8.37. The molecule has 0 saturated carbocycles. The third-order valence-electron chi connectivity index (χ3n) is 4.23. The Bertz CT molecular complexity index is 1070. The molecule has 1 aromatic heterocycles. The van der Waals surface area contributed by atoms with Crippen LogP contribution in [0.3, 0.4) is 0 Å². The van der Waals surface area contributed by atoms with Crippen molar-refractivity contribution in [3.8, 4) is 0 Å². The quantitative estimate of drug-likeness (QED) is 0.264. The standard InChI is InChI=1S/C20H17NO7/c1-12-7-8-13(9-16(12)21(24)25)17(22)11-27-20(23)19-15(10-26-2)14-5-3-4-6-18(14)28-19/h3-9H,10-11H2,1-2H3. The van der Waals surface area contributed by atoms with Crippen LogP contribution >= 0.6 is 0 Å². The minimum atomic E-state index is -0.807. The third kappa shape index (κ3) is 3.77. The molecule has 0 aliphatic rings. The van der Waals surface area contributed by atoms with Gasteiger partial charge in [-0.05, 0) is 13.0 Å². The highest BCUT2D eigenvalue weighted by molar-refractivity contribution is 6.01. The minimum Gasteiger partial charge on any atom is -0.451 e. The van der Waals surface area contributed by atoms with Gasteiger partial charge in [0.05, 0.1) is 11.5 Å². The van der Waals surface area contributed by atoms with E-state index in [0.29, 0.717) is 16.7 Å². The Hall–Kier alpha value is -3.52. The van der Waals surface area contributed by atoms with Gasteiger partial charge >= 0.3 is 5.97 Å². The molecule has 0 radical (unpaired) electrons. The van der Waals surface area contributed by atoms with Crippen LogP contribution in [0.15, 0.2) is 46.9 Å². The number of nitro benzene ring substituents is 1. The number of nitro groups is 1. The molecule has 0 spiro atoms. The highest BCUT2D eigenvalue weighted by Crippen LogP contribution is 2.27. The molecule has 1 heterocycles. The molecule has 0 aliphatic carbocycles. The van der Waals surface area contributed by atoms with Gasteiger partial charge in [0.15, 0.2) is 6.61 Å². The predicted octanol–water partition coefficient (Wildman–Crippen LogP) is 3.84. The molecule has 3 rings (SSSR count). The fraction of sp³-hybridized carbons (Fsp3) is 0.200. The Balaban J connectivity index is 1.78. The number of aryl methyl sites for hydroxylation is 1. The molecular weight excluding hydrogens is 366 g/mol. The van der Waals surface area contributed by atoms with Crippen LogP contribution in [0.25, 0.3) is 11.0 Å². The van der Waals surface area contributed by atoms with E-state index >= 15 is 0 Å². The van der Waals surface area contributed by atoms with Crippen molar-refractivity contribution in [3.05, 3.63) is 75.0 Å². The van der Waals surface area contributed by atoms with Crippen LogP contribution in [0.4, 0.5) is 5.69 Å². The Morgan fingerprint density at radius 1 is 1.18 bits per heavy atom. The maximum Gasteiger partial charge on any atom is 0.375 e. The molecule has 0 unspecified atom stereocenters. The first-order chi connectivity index (χ1) is 13.4. The molecule has 0 N–H and O–H groups in total. The van der Waals surface area contributed by atoms with Gasteiger partial charge in [0.25, 0.3) is 5.69 Å². The molecule has 0 saturated heterocycles. The van der Waals surface area contributed by atoms with Gasteiger partial charge in [-0.15, -0.1) is 0 Å². The number of hydrogen-bond acceptors (Lipinski definition) is 7. The molecule has 0 aliphatic heterocycles. The number of para-hydroxylation sites is 1. The van der Waals surface area contributed by atoms with E-state index in [1.807, 2.05) is 0 Å². The number of nitrogens with zero attached hydrogens (tertiary/aromatic N) is 1. The van der Waals surface area contributed by atoms with Crippen LogP contribution in [0, 0.1) is 17.0 Å². The SMILES string of the molecule is COCc1c(C(=O)OCC(=O)c2ccc(C)c([N+](=O)[O-])c2)oc2ccccc12. The van der Waals surface area contributed by atoms with E-state index in [1.54, 1.807) is 31.2 Å². The van der Waals surface area contributed by atoms with E-state index in [1.165, 1.54) is 25.3 Å². The summed E-state index contributed by atoms with van der Waals surface area (Å²) in [5, 5.41) is 11.7. The molecule has 8 heteroatoms. The van der Waals surface area contributed by atoms with Gasteiger partial charge in [-0.3, -0.25) is 14.9 Å². The Kier molecular flexibility index (Phi) is 5.51. The van der Waals surface area contributed by atoms with E-state index in [4.69, 9.17) is 13.9 Å². The average Bonchev–Trinajstić information content (AvgIpc) is 3.05. The Labute approximate surface area is 159 Å². The van der Waals surface area contributed by atoms with Crippen LogP contribution < -0.4 is 0 Å². The molecule has 0 atom stereocenters. The largest absolute Gasteiger partial charge is 0.451 e. The fourth-order valence-electron chi connectivity index (χ4n) is 2.81. The van der Waals surface area contributed by atoms with Crippen molar-refractivity contribution in [1.29, 1.82) is 0 Å². The molecule has 3 aromatic rings. The van der Waals surface area contributed by atoms with Crippen LogP contribution in [0.2, 0.25) is 0 Å².